The molecule has 6 heterocycles. The zero-order valence-corrected chi connectivity index (χ0v) is 28.9. The van der Waals surface area contributed by atoms with Crippen LogP contribution in [0, 0.1) is 46.8 Å². The molecule has 0 unspecified atom stereocenters. The number of hydrogen-bond donors (Lipinski definition) is 0. The molecule has 3 saturated heterocycles. The van der Waals surface area contributed by atoms with Crippen LogP contribution < -0.4 is 54.7 Å². The molecule has 6 nitrogen and oxygen atoms in total. The monoisotopic (exact) mass is 627 g/mol. The van der Waals surface area contributed by atoms with Crippen LogP contribution in [0.2, 0.25) is 0 Å². The minimum absolute atomic E-state index is 0. The van der Waals surface area contributed by atoms with Crippen molar-refractivity contribution in [3.05, 3.63) is 97.7 Å². The van der Waals surface area contributed by atoms with Gasteiger partial charge in [0.25, 0.3) is 0 Å². The summed E-state index contributed by atoms with van der Waals surface area (Å²) < 4.78 is 14.8. The van der Waals surface area contributed by atoms with Crippen LogP contribution in [0.1, 0.15) is 55.2 Å². The van der Waals surface area contributed by atoms with Crippen LogP contribution in [-0.2, 0) is 14.2 Å². The van der Waals surface area contributed by atoms with Crippen molar-refractivity contribution in [3.63, 3.8) is 0 Å². The number of pyridine rings is 3. The van der Waals surface area contributed by atoms with Gasteiger partial charge in [-0.25, -0.2) is 0 Å². The van der Waals surface area contributed by atoms with E-state index in [9.17, 15) is 0 Å². The van der Waals surface area contributed by atoms with Crippen molar-refractivity contribution >= 4 is 17.4 Å². The van der Waals surface area contributed by atoms with E-state index in [4.69, 9.17) is 14.2 Å². The van der Waals surface area contributed by atoms with Gasteiger partial charge in [-0.15, -0.1) is 16.7 Å². The van der Waals surface area contributed by atoms with Crippen molar-refractivity contribution in [2.75, 3.05) is 39.6 Å². The topological polar surface area (TPSA) is 66.4 Å². The van der Waals surface area contributed by atoms with E-state index < -0.39 is 0 Å². The SMILES string of the molecule is C1CCOC1.C1CCOC1.C1CCOC1.Cc1[c-]nccc1.Cc1[c-]nccc1.Cc1[c-]nccc1.[Al+3].[Br-].[CH3-].[Li+].[Li+]. The Balaban J connectivity index is -0.000000124. The number of ether oxygens (including phenoxy) is 3. The average molecular weight is 628 g/mol. The van der Waals surface area contributed by atoms with Gasteiger partial charge in [0, 0.05) is 39.6 Å². The van der Waals surface area contributed by atoms with Crippen molar-refractivity contribution in [1.29, 1.82) is 0 Å². The van der Waals surface area contributed by atoms with E-state index in [2.05, 4.69) is 33.5 Å². The molecule has 6 rings (SSSR count). The van der Waals surface area contributed by atoms with Gasteiger partial charge in [-0.05, 0) is 38.5 Å². The molecule has 0 bridgehead atoms. The Kier molecular flexibility index (Phi) is 48.4. The van der Waals surface area contributed by atoms with E-state index >= 15 is 0 Å². The predicted molar refractivity (Wildman–Crippen MR) is 156 cm³/mol. The number of rotatable bonds is 0. The maximum atomic E-state index is 4.94. The summed E-state index contributed by atoms with van der Waals surface area (Å²) in [5.74, 6) is 0. The number of aryl methyl sites for hydroxylation is 3. The fourth-order valence-corrected chi connectivity index (χ4v) is 2.75. The maximum Gasteiger partial charge on any atom is 3.00 e. The number of halogens is 1. The molecule has 3 aliphatic heterocycles. The Morgan fingerprint density at radius 1 is 0.512 bits per heavy atom. The predicted octanol–water partition coefficient (Wildman–Crippen LogP) is -2.96. The molecule has 3 aliphatic rings. The molecule has 0 spiro atoms. The molecule has 214 valence electrons. The van der Waals surface area contributed by atoms with Gasteiger partial charge >= 0.3 is 55.1 Å². The van der Waals surface area contributed by atoms with Gasteiger partial charge in [-0.3, -0.25) is 0 Å². The largest absolute Gasteiger partial charge is 3.00 e. The molecule has 0 atom stereocenters. The van der Waals surface area contributed by atoms with E-state index in [1.165, 1.54) is 38.5 Å². The normalized spacial score (nSPS) is 13.2. The molecule has 0 radical (unpaired) electrons. The van der Waals surface area contributed by atoms with Crippen LogP contribution in [0.25, 0.3) is 0 Å². The van der Waals surface area contributed by atoms with E-state index in [0.717, 1.165) is 56.3 Å². The molecule has 0 saturated carbocycles. The van der Waals surface area contributed by atoms with Crippen LogP contribution in [0.3, 0.4) is 0 Å². The van der Waals surface area contributed by atoms with Gasteiger partial charge in [-0.2, -0.15) is 36.4 Å². The summed E-state index contributed by atoms with van der Waals surface area (Å²) in [7, 11) is 0. The second kappa shape index (κ2) is 39.5. The molecule has 41 heavy (non-hydrogen) atoms. The van der Waals surface area contributed by atoms with Crippen LogP contribution in [0.5, 0.6) is 0 Å². The van der Waals surface area contributed by atoms with Gasteiger partial charge in [-0.1, -0.05) is 58.0 Å². The Morgan fingerprint density at radius 3 is 0.805 bits per heavy atom. The fourth-order valence-electron chi connectivity index (χ4n) is 2.75. The maximum absolute atomic E-state index is 4.94. The molecule has 3 aromatic heterocycles. The Morgan fingerprint density at radius 2 is 0.732 bits per heavy atom. The molecule has 3 aromatic rings. The third-order valence-electron chi connectivity index (χ3n) is 4.73. The summed E-state index contributed by atoms with van der Waals surface area (Å²) in [6.45, 7) is 11.9. The summed E-state index contributed by atoms with van der Waals surface area (Å²) in [5, 5.41) is 0. The van der Waals surface area contributed by atoms with Crippen LogP contribution in [-0.4, -0.2) is 72.0 Å². The smallest absolute Gasteiger partial charge is 1.00 e. The average Bonchev–Trinajstić information content (AvgIpc) is 3.73. The first-order valence-corrected chi connectivity index (χ1v) is 12.8. The molecule has 0 N–H and O–H groups in total. The summed E-state index contributed by atoms with van der Waals surface area (Å²) in [4.78, 5) is 11.3. The summed E-state index contributed by atoms with van der Waals surface area (Å²) in [6, 6.07) is 11.6. The number of hydrogen-bond acceptors (Lipinski definition) is 6. The van der Waals surface area contributed by atoms with E-state index in [0.29, 0.717) is 0 Å². The summed E-state index contributed by atoms with van der Waals surface area (Å²) in [6.07, 6.45) is 21.2. The Bertz CT molecular complexity index is 698. The fraction of sp³-hybridized carbons (Fsp3) is 0.484. The first-order chi connectivity index (χ1) is 17.7. The minimum atomic E-state index is 0. The van der Waals surface area contributed by atoms with Crippen LogP contribution >= 0.6 is 0 Å². The molecule has 0 aromatic carbocycles. The standard InChI is InChI=1S/3C6H6N.3C4H8O.CH3.Al.BrH.2Li/c3*1-6-3-2-4-7-5-6;3*1-2-4-5-3-1;;;;;/h3*2-4H,1H3;3*1-4H2;1H3;;1H;;/q3*-1;;;;-1;+3;;2*+1/p-1. The minimum Gasteiger partial charge on any atom is -1.00 e. The van der Waals surface area contributed by atoms with E-state index in [-0.39, 0.29) is 79.5 Å². The van der Waals surface area contributed by atoms with Gasteiger partial charge in [0.05, 0.1) is 0 Å². The van der Waals surface area contributed by atoms with Gasteiger partial charge in [0.15, 0.2) is 0 Å². The van der Waals surface area contributed by atoms with Crippen molar-refractivity contribution in [3.8, 4) is 0 Å². The van der Waals surface area contributed by atoms with Crippen LogP contribution in [0.15, 0.2) is 55.0 Å². The Hall–Kier alpha value is -0.463. The molecular weight excluding hydrogens is 583 g/mol. The molecular formula is C31H45AlBrLi2N3O3. The third-order valence-corrected chi connectivity index (χ3v) is 4.73. The van der Waals surface area contributed by atoms with Gasteiger partial charge in [0.2, 0.25) is 0 Å². The van der Waals surface area contributed by atoms with Crippen LogP contribution in [0.4, 0.5) is 0 Å². The molecule has 10 heteroatoms. The number of nitrogens with zero attached hydrogens (tertiary/aromatic N) is 3. The van der Waals surface area contributed by atoms with Crippen molar-refractivity contribution in [1.82, 2.24) is 15.0 Å². The van der Waals surface area contributed by atoms with Crippen molar-refractivity contribution in [2.45, 2.75) is 59.3 Å². The quantitative estimate of drug-likeness (QED) is 0.196. The molecule has 0 aliphatic carbocycles. The van der Waals surface area contributed by atoms with Gasteiger partial charge in [0.1, 0.15) is 0 Å². The second-order valence-electron chi connectivity index (χ2n) is 8.25. The molecule has 3 fully saturated rings. The van der Waals surface area contributed by atoms with E-state index in [1.807, 2.05) is 57.2 Å². The van der Waals surface area contributed by atoms with Gasteiger partial charge < -0.3 is 53.6 Å². The summed E-state index contributed by atoms with van der Waals surface area (Å²) in [5.41, 5.74) is 3.26. The zero-order valence-electron chi connectivity index (χ0n) is 26.2. The second-order valence-corrected chi connectivity index (χ2v) is 8.25. The summed E-state index contributed by atoms with van der Waals surface area (Å²) >= 11 is 0. The van der Waals surface area contributed by atoms with Crippen molar-refractivity contribution < 1.29 is 68.9 Å². The van der Waals surface area contributed by atoms with Crippen molar-refractivity contribution in [2.24, 2.45) is 0 Å². The third kappa shape index (κ3) is 37.5. The molecule has 0 amide bonds. The Labute approximate surface area is 295 Å². The van der Waals surface area contributed by atoms with E-state index in [1.54, 1.807) is 18.6 Å². The zero-order chi connectivity index (χ0) is 25.9. The number of aromatic nitrogens is 3. The first-order valence-electron chi connectivity index (χ1n) is 12.8. The first kappa shape index (κ1) is 50.2.